The summed E-state index contributed by atoms with van der Waals surface area (Å²) >= 11 is 0. The first-order valence-corrected chi connectivity index (χ1v) is 9.87. The Labute approximate surface area is 539 Å². The predicted octanol–water partition coefficient (Wildman–Crippen LogP) is 5.10. The van der Waals surface area contributed by atoms with Crippen molar-refractivity contribution < 1.29 is 384 Å². The van der Waals surface area contributed by atoms with Gasteiger partial charge in [0, 0.05) is 370 Å². The van der Waals surface area contributed by atoms with Gasteiger partial charge in [0.1, 0.15) is 0 Å². The van der Waals surface area contributed by atoms with Crippen LogP contribution in [-0.4, -0.2) is 29.6 Å². The number of carbonyl (C=O) groups excluding carboxylic acids is 1. The van der Waals surface area contributed by atoms with E-state index in [-0.39, 0.29) is 396 Å². The van der Waals surface area contributed by atoms with Gasteiger partial charge in [-0.2, -0.15) is 17.7 Å². The Balaban J connectivity index is -0.0000000195. The number of aromatic nitrogens is 1. The maximum absolute atomic E-state index is 9.88. The Morgan fingerprint density at radius 1 is 0.660 bits per heavy atom. The molecule has 47 heavy (non-hydrogen) atoms. The molecule has 22 heteroatoms. The standard InChI is InChI=1S/C15H17BNO2.C7H5O.C2H6.CH4.16W.Y/c1-14(2)15(3,4)19-16(18-14)12-7-8-13-11(10-12)6-5-9-17-13;8-6-7-4-2-1-3-5-7;1-2;;;;;;;;;;;;;;;;;;/h6-10H,1-4H3;1-5H;1-2H3;1H4;;;;;;;;;;;;;;;;;/q2*-1;;;;;;;;;;;;;;;;;;;. The SMILES string of the molecule is C.CC.CC1(C)OB(c2ccc3nc[c-]cc3c2)OC1(C)C.O=[C-]c1ccccc1.[W].[W].[W].[W].[W].[W].[W].[W].[W].[W].[W].[W].[W].[W].[W].[W].[Y]. The minimum Gasteiger partial charge on any atom is -0.399 e. The quantitative estimate of drug-likeness (QED) is 0.265. The van der Waals surface area contributed by atoms with E-state index in [0.717, 1.165) is 16.4 Å². The molecule has 0 amide bonds. The van der Waals surface area contributed by atoms with Gasteiger partial charge in [-0.15, -0.1) is 23.6 Å². The van der Waals surface area contributed by atoms with Gasteiger partial charge >= 0.3 is 7.12 Å². The van der Waals surface area contributed by atoms with Gasteiger partial charge in [0.05, 0.1) is 17.5 Å². The van der Waals surface area contributed by atoms with Crippen molar-refractivity contribution in [1.29, 1.82) is 0 Å². The summed E-state index contributed by atoms with van der Waals surface area (Å²) in [4.78, 5) is 14.2. The molecule has 0 unspecified atom stereocenters. The van der Waals surface area contributed by atoms with Gasteiger partial charge in [0.15, 0.2) is 0 Å². The maximum Gasteiger partial charge on any atom is 0.493 e. The van der Waals surface area contributed by atoms with Crippen molar-refractivity contribution in [2.45, 2.75) is 60.2 Å². The molecule has 1 radical (unpaired) electrons. The molecular formula is C25H32BNO3W16Y-2. The van der Waals surface area contributed by atoms with E-state index < -0.39 is 0 Å². The number of nitrogens with zero attached hydrogens (tertiary/aromatic N) is 1. The van der Waals surface area contributed by atoms with Crippen LogP contribution >= 0.6 is 0 Å². The van der Waals surface area contributed by atoms with E-state index in [0.29, 0.717) is 5.56 Å². The number of rotatable bonds is 2. The van der Waals surface area contributed by atoms with Crippen molar-refractivity contribution in [3.05, 3.63) is 72.4 Å². The molecule has 2 aromatic carbocycles. The van der Waals surface area contributed by atoms with Crippen LogP contribution in [-0.2, 0) is 384 Å². The van der Waals surface area contributed by atoms with Gasteiger partial charge in [-0.1, -0.05) is 45.7 Å². The third kappa shape index (κ3) is 40.8. The molecule has 1 saturated heterocycles. The third-order valence-corrected chi connectivity index (χ3v) is 4.99. The number of hydrogen-bond acceptors (Lipinski definition) is 4. The molecule has 1 aliphatic rings. The summed E-state index contributed by atoms with van der Waals surface area (Å²) in [7, 11) is -0.324. The smallest absolute Gasteiger partial charge is 0.399 e. The first-order valence-electron chi connectivity index (χ1n) is 9.87. The van der Waals surface area contributed by atoms with Gasteiger partial charge in [-0.05, 0) is 38.7 Å². The van der Waals surface area contributed by atoms with Gasteiger partial charge in [0.2, 0.25) is 0 Å². The van der Waals surface area contributed by atoms with Crippen LogP contribution in [0, 0.1) is 6.07 Å². The Bertz CT molecular complexity index is 960. The largest absolute Gasteiger partial charge is 0.493 e. The average Bonchev–Trinajstić information content (AvgIpc) is 2.97. The van der Waals surface area contributed by atoms with Gasteiger partial charge in [-0.3, -0.25) is 4.98 Å². The molecule has 4 nitrogen and oxygen atoms in total. The molecule has 2 heterocycles. The summed E-state index contributed by atoms with van der Waals surface area (Å²) in [6, 6.07) is 19.9. The minimum atomic E-state index is -0.324. The second-order valence-corrected chi connectivity index (χ2v) is 7.44. The molecule has 1 aliphatic heterocycles. The Hall–Kier alpha value is 9.62. The van der Waals surface area contributed by atoms with Gasteiger partial charge in [-0.25, -0.2) is 12.1 Å². The van der Waals surface area contributed by atoms with Crippen molar-refractivity contribution in [1.82, 2.24) is 4.98 Å². The molecule has 0 spiro atoms. The van der Waals surface area contributed by atoms with E-state index in [2.05, 4.69) is 44.8 Å². The first kappa shape index (κ1) is 112. The van der Waals surface area contributed by atoms with Crippen LogP contribution < -0.4 is 5.46 Å². The monoisotopic (exact) mass is 3440 g/mol. The van der Waals surface area contributed by atoms with E-state index in [1.165, 1.54) is 0 Å². The second kappa shape index (κ2) is 62.3. The summed E-state index contributed by atoms with van der Waals surface area (Å²) in [6.07, 6.45) is 3.45. The van der Waals surface area contributed by atoms with Crippen LogP contribution in [0.3, 0.4) is 0 Å². The summed E-state index contributed by atoms with van der Waals surface area (Å²) in [5.74, 6) is 0. The van der Waals surface area contributed by atoms with Crippen LogP contribution in [0.5, 0.6) is 0 Å². The van der Waals surface area contributed by atoms with Crippen LogP contribution in [0.15, 0.2) is 60.8 Å². The van der Waals surface area contributed by atoms with Crippen molar-refractivity contribution in [3.63, 3.8) is 0 Å². The average molecular weight is 3440 g/mol. The van der Waals surface area contributed by atoms with E-state index in [4.69, 9.17) is 9.31 Å². The molecule has 0 saturated carbocycles. The maximum atomic E-state index is 9.88. The molecule has 1 aromatic heterocycles. The number of pyridine rings is 1. The Morgan fingerprint density at radius 2 is 1.04 bits per heavy atom. The summed E-state index contributed by atoms with van der Waals surface area (Å²) in [5, 5.41) is 1.05. The number of benzene rings is 2. The summed E-state index contributed by atoms with van der Waals surface area (Å²) in [5.41, 5.74) is 1.96. The van der Waals surface area contributed by atoms with Crippen LogP contribution in [0.25, 0.3) is 10.9 Å². The predicted molar refractivity (Wildman–Crippen MR) is 126 cm³/mol. The van der Waals surface area contributed by atoms with Gasteiger partial charge < -0.3 is 14.1 Å². The Kier molecular flexibility index (Phi) is 148. The van der Waals surface area contributed by atoms with Crippen molar-refractivity contribution in [2.24, 2.45) is 0 Å². The molecule has 0 N–H and O–H groups in total. The normalized spacial score (nSPS) is 10.0. The van der Waals surface area contributed by atoms with E-state index in [1.54, 1.807) is 36.7 Å². The second-order valence-electron chi connectivity index (χ2n) is 7.44. The number of hydrogen-bond donors (Lipinski definition) is 0. The molecule has 4 rings (SSSR count). The molecule has 0 bridgehead atoms. The van der Waals surface area contributed by atoms with E-state index in [9.17, 15) is 4.79 Å². The van der Waals surface area contributed by atoms with E-state index in [1.807, 2.05) is 38.1 Å². The van der Waals surface area contributed by atoms with Crippen LogP contribution in [0.4, 0.5) is 0 Å². The zero-order valence-electron chi connectivity index (χ0n) is 25.1. The summed E-state index contributed by atoms with van der Waals surface area (Å²) < 4.78 is 12.1. The first-order chi connectivity index (χ1) is 13.8. The van der Waals surface area contributed by atoms with E-state index >= 15 is 0 Å². The fourth-order valence-electron chi connectivity index (χ4n) is 2.67. The minimum absolute atomic E-state index is 0. The zero-order valence-corrected chi connectivity index (χ0v) is 74.9. The summed E-state index contributed by atoms with van der Waals surface area (Å²) in [6.45, 7) is 12.2. The third-order valence-electron chi connectivity index (χ3n) is 4.99. The molecule has 0 atom stereocenters. The van der Waals surface area contributed by atoms with Crippen molar-refractivity contribution in [2.75, 3.05) is 0 Å². The molecule has 1 fully saturated rings. The molecule has 3 aromatic rings. The fraction of sp³-hybridized carbons (Fsp3) is 0.360. The molecular weight excluding hydrogens is 3400 g/mol. The molecule has 259 valence electrons. The number of fused-ring (bicyclic) bond motifs is 1. The van der Waals surface area contributed by atoms with Crippen molar-refractivity contribution >= 4 is 29.8 Å². The van der Waals surface area contributed by atoms with Gasteiger partial charge in [0.25, 0.3) is 0 Å². The Morgan fingerprint density at radius 3 is 1.38 bits per heavy atom. The fourth-order valence-corrected chi connectivity index (χ4v) is 2.67. The molecule has 0 aliphatic carbocycles. The topological polar surface area (TPSA) is 48.4 Å². The van der Waals surface area contributed by atoms with Crippen LogP contribution in [0.1, 0.15) is 54.5 Å². The zero-order chi connectivity index (χ0) is 21.5. The van der Waals surface area contributed by atoms with Crippen molar-refractivity contribution in [3.8, 4) is 0 Å². The van der Waals surface area contributed by atoms with Crippen LogP contribution in [0.2, 0.25) is 0 Å².